The number of benzene rings is 2. The molecule has 1 unspecified atom stereocenters. The van der Waals surface area contributed by atoms with Gasteiger partial charge in [-0.3, -0.25) is 0 Å². The quantitative estimate of drug-likeness (QED) is 0.237. The molecule has 3 aromatic rings. The van der Waals surface area contributed by atoms with E-state index in [-0.39, 0.29) is 17.6 Å². The molecule has 0 spiro atoms. The van der Waals surface area contributed by atoms with E-state index in [0.29, 0.717) is 17.7 Å². The number of methoxy groups -OCH3 is 1. The number of halogens is 9. The van der Waals surface area contributed by atoms with Crippen LogP contribution < -0.4 is 4.90 Å². The normalized spacial score (nSPS) is 16.7. The van der Waals surface area contributed by atoms with Gasteiger partial charge in [0.2, 0.25) is 0 Å². The van der Waals surface area contributed by atoms with Gasteiger partial charge in [0.25, 0.3) is 5.95 Å². The topological polar surface area (TPSA) is 56.1 Å². The number of ether oxygens (including phenoxy) is 1. The first kappa shape index (κ1) is 32.6. The number of tetrazole rings is 1. The second-order valence-corrected chi connectivity index (χ2v) is 11.1. The fourth-order valence-corrected chi connectivity index (χ4v) is 5.72. The molecule has 1 aromatic heterocycles. The third-order valence-electron chi connectivity index (χ3n) is 7.78. The number of anilines is 1. The smallest absolute Gasteiger partial charge is 0.376 e. The zero-order valence-corrected chi connectivity index (χ0v) is 23.5. The Hall–Kier alpha value is -3.36. The summed E-state index contributed by atoms with van der Waals surface area (Å²) in [4.78, 5) is 2.21. The largest absolute Gasteiger partial charge is 0.416 e. The van der Waals surface area contributed by atoms with Gasteiger partial charge in [0.05, 0.1) is 29.8 Å². The van der Waals surface area contributed by atoms with Crippen molar-refractivity contribution in [2.45, 2.75) is 76.8 Å². The molecule has 43 heavy (non-hydrogen) atoms. The summed E-state index contributed by atoms with van der Waals surface area (Å²) in [7, 11) is 2.84. The van der Waals surface area contributed by atoms with E-state index in [2.05, 4.69) is 15.4 Å². The van der Waals surface area contributed by atoms with Crippen LogP contribution >= 0.6 is 0 Å². The van der Waals surface area contributed by atoms with E-state index in [1.165, 1.54) is 25.1 Å². The van der Waals surface area contributed by atoms with Gasteiger partial charge in [0.1, 0.15) is 0 Å². The molecule has 0 aliphatic heterocycles. The number of alkyl halides is 9. The first-order valence-corrected chi connectivity index (χ1v) is 13.4. The van der Waals surface area contributed by atoms with Gasteiger partial charge in [-0.25, -0.2) is 0 Å². The highest BCUT2D eigenvalue weighted by Gasteiger charge is 2.40. The van der Waals surface area contributed by atoms with Crippen LogP contribution in [0.3, 0.4) is 0 Å². The molecule has 236 valence electrons. The van der Waals surface area contributed by atoms with Crippen molar-refractivity contribution in [3.05, 3.63) is 69.8 Å². The Labute approximate surface area is 241 Å². The highest BCUT2D eigenvalue weighted by atomic mass is 19.4. The SMILES string of the molecule is COC(c1ccc(C(F)(F)F)cc1CN(Cc1cc(C(F)(F)F)cc(C(F)(F)F)c1)c1nnn(C)n1)C1(C)CCCCC1. The van der Waals surface area contributed by atoms with E-state index in [0.717, 1.165) is 49.0 Å². The molecule has 0 saturated heterocycles. The number of rotatable bonds is 8. The average Bonchev–Trinajstić information content (AvgIpc) is 3.34. The van der Waals surface area contributed by atoms with Crippen molar-refractivity contribution < 1.29 is 44.3 Å². The molecule has 1 atom stereocenters. The highest BCUT2D eigenvalue weighted by molar-refractivity contribution is 5.42. The fourth-order valence-electron chi connectivity index (χ4n) is 5.72. The maximum Gasteiger partial charge on any atom is 0.416 e. The van der Waals surface area contributed by atoms with Crippen molar-refractivity contribution in [3.8, 4) is 0 Å². The summed E-state index contributed by atoms with van der Waals surface area (Å²) >= 11 is 0. The molecule has 6 nitrogen and oxygen atoms in total. The predicted octanol–water partition coefficient (Wildman–Crippen LogP) is 8.13. The summed E-state index contributed by atoms with van der Waals surface area (Å²) in [5, 5.41) is 11.6. The average molecular weight is 624 g/mol. The number of hydrogen-bond acceptors (Lipinski definition) is 5. The van der Waals surface area contributed by atoms with Crippen molar-refractivity contribution in [2.24, 2.45) is 12.5 Å². The van der Waals surface area contributed by atoms with Crippen molar-refractivity contribution >= 4 is 5.95 Å². The van der Waals surface area contributed by atoms with E-state index < -0.39 is 65.4 Å². The maximum absolute atomic E-state index is 13.8. The van der Waals surface area contributed by atoms with E-state index in [4.69, 9.17) is 4.74 Å². The molecule has 0 bridgehead atoms. The zero-order chi connectivity index (χ0) is 31.8. The van der Waals surface area contributed by atoms with Crippen LogP contribution in [0.25, 0.3) is 0 Å². The van der Waals surface area contributed by atoms with Gasteiger partial charge < -0.3 is 9.64 Å². The van der Waals surface area contributed by atoms with Gasteiger partial charge in [-0.2, -0.15) is 44.3 Å². The number of nitrogens with zero attached hydrogens (tertiary/aromatic N) is 5. The molecule has 1 saturated carbocycles. The van der Waals surface area contributed by atoms with Crippen LogP contribution in [0, 0.1) is 5.41 Å². The Morgan fingerprint density at radius 3 is 1.91 bits per heavy atom. The van der Waals surface area contributed by atoms with Crippen LogP contribution in [0.4, 0.5) is 45.5 Å². The van der Waals surface area contributed by atoms with Crippen molar-refractivity contribution in [1.29, 1.82) is 0 Å². The summed E-state index contributed by atoms with van der Waals surface area (Å²) in [5.74, 6) is -0.199. The summed E-state index contributed by atoms with van der Waals surface area (Å²) in [6.07, 6.45) is -11.2. The maximum atomic E-state index is 13.8. The summed E-state index contributed by atoms with van der Waals surface area (Å²) < 4.78 is 129. The van der Waals surface area contributed by atoms with Crippen molar-refractivity contribution in [1.82, 2.24) is 20.2 Å². The molecule has 0 N–H and O–H groups in total. The van der Waals surface area contributed by atoms with Crippen LogP contribution in [-0.2, 0) is 43.4 Å². The Bertz CT molecular complexity index is 1380. The molecular formula is C28H30F9N5O. The first-order valence-electron chi connectivity index (χ1n) is 13.4. The molecule has 0 radical (unpaired) electrons. The molecule has 4 rings (SSSR count). The lowest BCUT2D eigenvalue weighted by atomic mass is 9.69. The molecule has 1 aliphatic carbocycles. The molecule has 1 fully saturated rings. The minimum atomic E-state index is -5.08. The fraction of sp³-hybridized carbons (Fsp3) is 0.536. The Morgan fingerprint density at radius 2 is 1.42 bits per heavy atom. The first-order chi connectivity index (χ1) is 19.9. The minimum absolute atomic E-state index is 0.00731. The lowest BCUT2D eigenvalue weighted by Crippen LogP contribution is -2.32. The second kappa shape index (κ2) is 12.0. The monoisotopic (exact) mass is 623 g/mol. The van der Waals surface area contributed by atoms with Gasteiger partial charge >= 0.3 is 18.5 Å². The van der Waals surface area contributed by atoms with Crippen molar-refractivity contribution in [2.75, 3.05) is 12.0 Å². The third-order valence-corrected chi connectivity index (χ3v) is 7.78. The number of aromatic nitrogens is 4. The van der Waals surface area contributed by atoms with E-state index in [9.17, 15) is 39.5 Å². The standard InChI is InChI=1S/C28H30F9N5O/c1-25(9-5-4-6-10-25)23(43-3)22-8-7-19(26(29,30)31)13-18(22)16-42(24-38-40-41(2)39-24)15-17-11-20(27(32,33)34)14-21(12-17)28(35,36)37/h7-8,11-14,23H,4-6,9-10,15-16H2,1-3H3. The molecule has 1 aliphatic rings. The summed E-state index contributed by atoms with van der Waals surface area (Å²) in [5.41, 5.74) is -4.29. The van der Waals surface area contributed by atoms with E-state index in [1.54, 1.807) is 0 Å². The lowest BCUT2D eigenvalue weighted by molar-refractivity contribution is -0.143. The molecule has 2 aromatic carbocycles. The second-order valence-electron chi connectivity index (χ2n) is 11.1. The summed E-state index contributed by atoms with van der Waals surface area (Å²) in [6.45, 7) is 1.01. The molecule has 0 amide bonds. The number of aryl methyl sites for hydroxylation is 1. The third kappa shape index (κ3) is 7.60. The van der Waals surface area contributed by atoms with Gasteiger partial charge in [0, 0.05) is 20.2 Å². The Morgan fingerprint density at radius 1 is 0.837 bits per heavy atom. The Balaban J connectivity index is 1.84. The Kier molecular flexibility index (Phi) is 9.06. The van der Waals surface area contributed by atoms with Gasteiger partial charge in [-0.15, -0.1) is 5.10 Å². The van der Waals surface area contributed by atoms with E-state index >= 15 is 0 Å². The van der Waals surface area contributed by atoms with Crippen molar-refractivity contribution in [3.63, 3.8) is 0 Å². The van der Waals surface area contributed by atoms with Gasteiger partial charge in [0.15, 0.2) is 0 Å². The zero-order valence-electron chi connectivity index (χ0n) is 23.5. The summed E-state index contributed by atoms with van der Waals surface area (Å²) in [6, 6.07) is 4.31. The van der Waals surface area contributed by atoms with Crippen LogP contribution in [0.15, 0.2) is 36.4 Å². The highest BCUT2D eigenvalue weighted by Crippen LogP contribution is 2.49. The van der Waals surface area contributed by atoms with Gasteiger partial charge in [-0.1, -0.05) is 37.4 Å². The van der Waals surface area contributed by atoms with Crippen LogP contribution in [0.1, 0.15) is 78.5 Å². The molecule has 15 heteroatoms. The minimum Gasteiger partial charge on any atom is -0.376 e. The molecular weight excluding hydrogens is 593 g/mol. The van der Waals surface area contributed by atoms with Crippen LogP contribution in [-0.4, -0.2) is 27.3 Å². The van der Waals surface area contributed by atoms with E-state index in [1.807, 2.05) is 6.92 Å². The lowest BCUT2D eigenvalue weighted by Gasteiger charge is -2.41. The van der Waals surface area contributed by atoms with Crippen LogP contribution in [0.2, 0.25) is 0 Å². The van der Waals surface area contributed by atoms with Gasteiger partial charge in [-0.05, 0) is 70.5 Å². The predicted molar refractivity (Wildman–Crippen MR) is 138 cm³/mol. The molecule has 1 heterocycles. The van der Waals surface area contributed by atoms with Crippen LogP contribution in [0.5, 0.6) is 0 Å². The number of hydrogen-bond donors (Lipinski definition) is 0.